The van der Waals surface area contributed by atoms with Gasteiger partial charge in [0.2, 0.25) is 5.91 Å². The van der Waals surface area contributed by atoms with E-state index in [1.54, 1.807) is 7.05 Å². The zero-order valence-electron chi connectivity index (χ0n) is 15.3. The first-order chi connectivity index (χ1) is 13.4. The fourth-order valence-corrected chi connectivity index (χ4v) is 2.27. The van der Waals surface area contributed by atoms with Crippen LogP contribution in [-0.4, -0.2) is 48.4 Å². The van der Waals surface area contributed by atoms with Crippen LogP contribution in [0.15, 0.2) is 48.5 Å². The quantitative estimate of drug-likeness (QED) is 0.524. The zero-order chi connectivity index (χ0) is 20.5. The Hall–Kier alpha value is -3.49. The molecule has 9 heteroatoms. The van der Waals surface area contributed by atoms with Crippen molar-refractivity contribution in [3.63, 3.8) is 0 Å². The third-order valence-corrected chi connectivity index (χ3v) is 3.90. The number of likely N-dealkylation sites (N-methyl/N-ethyl adjacent to an activating group) is 1. The molecule has 0 aliphatic rings. The first kappa shape index (κ1) is 20.8. The summed E-state index contributed by atoms with van der Waals surface area (Å²) in [6.07, 6.45) is 0.103. The van der Waals surface area contributed by atoms with Crippen LogP contribution >= 0.6 is 0 Å². The fraction of sp³-hybridized carbons (Fsp3) is 0.263. The second-order valence-corrected chi connectivity index (χ2v) is 5.93. The van der Waals surface area contributed by atoms with Crippen molar-refractivity contribution in [3.05, 3.63) is 70.0 Å². The van der Waals surface area contributed by atoms with Crippen LogP contribution < -0.4 is 10.1 Å². The van der Waals surface area contributed by atoms with Crippen molar-refractivity contribution in [1.29, 1.82) is 0 Å². The molecule has 2 amide bonds. The zero-order valence-corrected chi connectivity index (χ0v) is 15.3. The molecule has 0 aromatic heterocycles. The monoisotopic (exact) mass is 389 g/mol. The second kappa shape index (κ2) is 10.0. The van der Waals surface area contributed by atoms with Gasteiger partial charge in [0.15, 0.2) is 0 Å². The molecule has 2 aromatic carbocycles. The van der Waals surface area contributed by atoms with Crippen LogP contribution in [0.3, 0.4) is 0 Å². The van der Waals surface area contributed by atoms with Gasteiger partial charge in [-0.05, 0) is 36.4 Å². The number of carbonyl (C=O) groups excluding carboxylic acids is 2. The average Bonchev–Trinajstić information content (AvgIpc) is 2.69. The number of nitrogens with zero attached hydrogens (tertiary/aromatic N) is 2. The van der Waals surface area contributed by atoms with E-state index in [2.05, 4.69) is 5.32 Å². The lowest BCUT2D eigenvalue weighted by atomic mass is 10.2. The molecule has 28 heavy (non-hydrogen) atoms. The maximum atomic E-state index is 12.8. The predicted octanol–water partition coefficient (Wildman–Crippen LogP) is 2.39. The summed E-state index contributed by atoms with van der Waals surface area (Å²) in [5.74, 6) is -0.426. The van der Waals surface area contributed by atoms with Crippen LogP contribution in [-0.2, 0) is 4.79 Å². The van der Waals surface area contributed by atoms with Gasteiger partial charge in [-0.15, -0.1) is 0 Å². The highest BCUT2D eigenvalue weighted by Gasteiger charge is 2.12. The van der Waals surface area contributed by atoms with Gasteiger partial charge >= 0.3 is 0 Å². The van der Waals surface area contributed by atoms with Crippen molar-refractivity contribution >= 4 is 17.5 Å². The number of ether oxygens (including phenoxy) is 1. The van der Waals surface area contributed by atoms with Crippen LogP contribution in [0.4, 0.5) is 10.1 Å². The number of carbonyl (C=O) groups is 2. The Kier molecular flexibility index (Phi) is 7.44. The Morgan fingerprint density at radius 2 is 1.79 bits per heavy atom. The Labute approximate surface area is 161 Å². The standard InChI is InChI=1S/C19H20FN3O5/c1-22(12-13-28-17-8-4-15(20)5-9-17)18(24)10-11-21-19(25)14-2-6-16(7-3-14)23(26)27/h2-9H,10-13H2,1H3,(H,21,25). The number of amides is 2. The average molecular weight is 389 g/mol. The summed E-state index contributed by atoms with van der Waals surface area (Å²) in [5, 5.41) is 13.2. The van der Waals surface area contributed by atoms with E-state index in [0.29, 0.717) is 12.3 Å². The van der Waals surface area contributed by atoms with Gasteiger partial charge in [-0.2, -0.15) is 0 Å². The van der Waals surface area contributed by atoms with Gasteiger partial charge in [0, 0.05) is 37.7 Å². The fourth-order valence-electron chi connectivity index (χ4n) is 2.27. The van der Waals surface area contributed by atoms with E-state index in [1.807, 2.05) is 0 Å². The predicted molar refractivity (Wildman–Crippen MR) is 99.6 cm³/mol. The van der Waals surface area contributed by atoms with Crippen LogP contribution in [0.2, 0.25) is 0 Å². The summed E-state index contributed by atoms with van der Waals surface area (Å²) in [6, 6.07) is 10.8. The molecular weight excluding hydrogens is 369 g/mol. The van der Waals surface area contributed by atoms with Crippen molar-refractivity contribution in [2.45, 2.75) is 6.42 Å². The summed E-state index contributed by atoms with van der Waals surface area (Å²) in [4.78, 5) is 35.6. The lowest BCUT2D eigenvalue weighted by molar-refractivity contribution is -0.384. The number of nitrogens with one attached hydrogen (secondary N) is 1. The third-order valence-electron chi connectivity index (χ3n) is 3.90. The number of nitro benzene ring substituents is 1. The van der Waals surface area contributed by atoms with E-state index < -0.39 is 10.8 Å². The SMILES string of the molecule is CN(CCOc1ccc(F)cc1)C(=O)CCNC(=O)c1ccc([N+](=O)[O-])cc1. The molecule has 0 heterocycles. The van der Waals surface area contributed by atoms with Crippen molar-refractivity contribution in [3.8, 4) is 5.75 Å². The molecule has 8 nitrogen and oxygen atoms in total. The van der Waals surface area contributed by atoms with E-state index in [9.17, 15) is 24.1 Å². The van der Waals surface area contributed by atoms with Crippen LogP contribution in [0.1, 0.15) is 16.8 Å². The Morgan fingerprint density at radius 3 is 2.39 bits per heavy atom. The lowest BCUT2D eigenvalue weighted by Gasteiger charge is -2.17. The highest BCUT2D eigenvalue weighted by molar-refractivity contribution is 5.94. The van der Waals surface area contributed by atoms with E-state index in [-0.39, 0.29) is 42.5 Å². The minimum Gasteiger partial charge on any atom is -0.492 e. The van der Waals surface area contributed by atoms with Gasteiger partial charge in [0.1, 0.15) is 18.2 Å². The lowest BCUT2D eigenvalue weighted by Crippen LogP contribution is -2.34. The number of hydrogen-bond acceptors (Lipinski definition) is 5. The van der Waals surface area contributed by atoms with Gasteiger partial charge in [-0.3, -0.25) is 19.7 Å². The number of benzene rings is 2. The first-order valence-electron chi connectivity index (χ1n) is 8.52. The number of rotatable bonds is 9. The normalized spacial score (nSPS) is 10.2. The van der Waals surface area contributed by atoms with E-state index in [1.165, 1.54) is 53.4 Å². The van der Waals surface area contributed by atoms with Crippen LogP contribution in [0.5, 0.6) is 5.75 Å². The Balaban J connectivity index is 1.68. The molecule has 0 spiro atoms. The summed E-state index contributed by atoms with van der Waals surface area (Å²) in [5.41, 5.74) is 0.176. The highest BCUT2D eigenvalue weighted by atomic mass is 19.1. The molecule has 1 N–H and O–H groups in total. The number of non-ortho nitro benzene ring substituents is 1. The molecule has 2 aromatic rings. The summed E-state index contributed by atoms with van der Waals surface area (Å²) >= 11 is 0. The van der Waals surface area contributed by atoms with Crippen molar-refractivity contribution in [2.75, 3.05) is 26.7 Å². The molecule has 0 radical (unpaired) electrons. The van der Waals surface area contributed by atoms with Gasteiger partial charge < -0.3 is 15.0 Å². The third kappa shape index (κ3) is 6.35. The molecule has 0 aliphatic carbocycles. The molecule has 148 valence electrons. The second-order valence-electron chi connectivity index (χ2n) is 5.93. The molecule has 0 saturated carbocycles. The number of hydrogen-bond donors (Lipinski definition) is 1. The molecule has 0 unspecified atom stereocenters. The van der Waals surface area contributed by atoms with Gasteiger partial charge in [0.05, 0.1) is 11.5 Å². The summed E-state index contributed by atoms with van der Waals surface area (Å²) in [7, 11) is 1.62. The van der Waals surface area contributed by atoms with Gasteiger partial charge in [-0.25, -0.2) is 4.39 Å². The molecule has 0 atom stereocenters. The van der Waals surface area contributed by atoms with E-state index in [0.717, 1.165) is 0 Å². The summed E-state index contributed by atoms with van der Waals surface area (Å²) < 4.78 is 18.2. The van der Waals surface area contributed by atoms with Crippen LogP contribution in [0.25, 0.3) is 0 Å². The minimum atomic E-state index is -0.546. The van der Waals surface area contributed by atoms with Crippen molar-refractivity contribution < 1.29 is 23.6 Å². The van der Waals surface area contributed by atoms with Gasteiger partial charge in [-0.1, -0.05) is 0 Å². The van der Waals surface area contributed by atoms with Gasteiger partial charge in [0.25, 0.3) is 11.6 Å². The Morgan fingerprint density at radius 1 is 1.14 bits per heavy atom. The van der Waals surface area contributed by atoms with Crippen molar-refractivity contribution in [1.82, 2.24) is 10.2 Å². The van der Waals surface area contributed by atoms with Crippen molar-refractivity contribution in [2.24, 2.45) is 0 Å². The Bertz CT molecular complexity index is 824. The molecule has 0 fully saturated rings. The summed E-state index contributed by atoms with van der Waals surface area (Å²) in [6.45, 7) is 0.730. The van der Waals surface area contributed by atoms with E-state index >= 15 is 0 Å². The maximum Gasteiger partial charge on any atom is 0.269 e. The largest absolute Gasteiger partial charge is 0.492 e. The van der Waals surface area contributed by atoms with Crippen LogP contribution in [0, 0.1) is 15.9 Å². The first-order valence-corrected chi connectivity index (χ1v) is 8.52. The number of nitro groups is 1. The molecular formula is C19H20FN3O5. The molecule has 0 saturated heterocycles. The highest BCUT2D eigenvalue weighted by Crippen LogP contribution is 2.12. The minimum absolute atomic E-state index is 0.101. The smallest absolute Gasteiger partial charge is 0.269 e. The number of halogens is 1. The molecule has 2 rings (SSSR count). The topological polar surface area (TPSA) is 102 Å². The molecule has 0 aliphatic heterocycles. The maximum absolute atomic E-state index is 12.8. The molecule has 0 bridgehead atoms. The van der Waals surface area contributed by atoms with E-state index in [4.69, 9.17) is 4.74 Å².